The van der Waals surface area contributed by atoms with E-state index in [0.29, 0.717) is 17.1 Å². The van der Waals surface area contributed by atoms with E-state index in [1.54, 1.807) is 18.2 Å². The van der Waals surface area contributed by atoms with Crippen molar-refractivity contribution >= 4 is 23.6 Å². The van der Waals surface area contributed by atoms with Crippen LogP contribution in [0.4, 0.5) is 0 Å². The van der Waals surface area contributed by atoms with Crippen molar-refractivity contribution in [3.05, 3.63) is 47.7 Å². The van der Waals surface area contributed by atoms with Crippen LogP contribution in [0, 0.1) is 0 Å². The van der Waals surface area contributed by atoms with Gasteiger partial charge in [0.2, 0.25) is 12.7 Å². The fourth-order valence-corrected chi connectivity index (χ4v) is 3.15. The summed E-state index contributed by atoms with van der Waals surface area (Å²) in [6.07, 6.45) is 1.46. The summed E-state index contributed by atoms with van der Waals surface area (Å²) >= 11 is 0.987. The predicted octanol–water partition coefficient (Wildman–Crippen LogP) is 1.83. The molecule has 3 rings (SSSR count). The standard InChI is InChI=1S/C15H12N2O5S/c16-13(18)12(8-3-4-10-11(6-8)22-7-21-10)23-14-9(15(19)20)2-1-5-17-14/h1-6,12H,7H2,(H2,16,18)(H,19,20). The number of ether oxygens (including phenoxy) is 2. The van der Waals surface area contributed by atoms with Crippen LogP contribution in [-0.4, -0.2) is 28.8 Å². The zero-order valence-electron chi connectivity index (χ0n) is 11.8. The third kappa shape index (κ3) is 3.07. The molecule has 0 saturated heterocycles. The number of hydrogen-bond donors (Lipinski definition) is 2. The number of rotatable bonds is 5. The zero-order chi connectivity index (χ0) is 16.4. The SMILES string of the molecule is NC(=O)C(Sc1ncccc1C(=O)O)c1ccc2c(c1)OCO2. The lowest BCUT2D eigenvalue weighted by molar-refractivity contribution is -0.117. The number of benzene rings is 1. The van der Waals surface area contributed by atoms with Gasteiger partial charge in [0.25, 0.3) is 0 Å². The number of aromatic carboxylic acids is 1. The molecule has 0 bridgehead atoms. The van der Waals surface area contributed by atoms with Gasteiger partial charge in [-0.25, -0.2) is 9.78 Å². The third-order valence-electron chi connectivity index (χ3n) is 3.19. The van der Waals surface area contributed by atoms with Crippen LogP contribution in [0.2, 0.25) is 0 Å². The van der Waals surface area contributed by atoms with Crippen LogP contribution in [-0.2, 0) is 4.79 Å². The molecule has 3 N–H and O–H groups in total. The summed E-state index contributed by atoms with van der Waals surface area (Å²) in [5.74, 6) is -0.606. The second kappa shape index (κ2) is 6.17. The van der Waals surface area contributed by atoms with Gasteiger partial charge >= 0.3 is 5.97 Å². The third-order valence-corrected chi connectivity index (χ3v) is 4.48. The summed E-state index contributed by atoms with van der Waals surface area (Å²) in [6, 6.07) is 7.99. The molecule has 0 fully saturated rings. The van der Waals surface area contributed by atoms with E-state index in [-0.39, 0.29) is 17.4 Å². The Kier molecular flexibility index (Phi) is 4.07. The highest BCUT2D eigenvalue weighted by Crippen LogP contribution is 2.40. The van der Waals surface area contributed by atoms with E-state index in [1.165, 1.54) is 18.3 Å². The van der Waals surface area contributed by atoms with Crippen molar-refractivity contribution in [1.29, 1.82) is 0 Å². The van der Waals surface area contributed by atoms with Crippen molar-refractivity contribution in [3.8, 4) is 11.5 Å². The molecule has 0 spiro atoms. The molecule has 8 heteroatoms. The van der Waals surface area contributed by atoms with Crippen molar-refractivity contribution in [1.82, 2.24) is 4.98 Å². The number of thioether (sulfide) groups is 1. The molecule has 0 aliphatic carbocycles. The lowest BCUT2D eigenvalue weighted by Gasteiger charge is -2.14. The van der Waals surface area contributed by atoms with Crippen LogP contribution in [0.25, 0.3) is 0 Å². The molecule has 1 atom stereocenters. The highest BCUT2D eigenvalue weighted by molar-refractivity contribution is 8.00. The van der Waals surface area contributed by atoms with E-state index in [4.69, 9.17) is 15.2 Å². The summed E-state index contributed by atoms with van der Waals surface area (Å²) in [7, 11) is 0. The van der Waals surface area contributed by atoms with Gasteiger partial charge in [-0.2, -0.15) is 0 Å². The fraction of sp³-hybridized carbons (Fsp3) is 0.133. The van der Waals surface area contributed by atoms with Crippen molar-refractivity contribution in [2.45, 2.75) is 10.3 Å². The number of carbonyl (C=O) groups is 2. The Morgan fingerprint density at radius 3 is 2.78 bits per heavy atom. The van der Waals surface area contributed by atoms with Crippen LogP contribution in [0.1, 0.15) is 21.2 Å². The molecule has 0 radical (unpaired) electrons. The van der Waals surface area contributed by atoms with Crippen LogP contribution in [0.3, 0.4) is 0 Å². The van der Waals surface area contributed by atoms with Gasteiger partial charge in [-0.15, -0.1) is 0 Å². The highest BCUT2D eigenvalue weighted by atomic mass is 32.2. The van der Waals surface area contributed by atoms with Crippen molar-refractivity contribution in [2.24, 2.45) is 5.73 Å². The van der Waals surface area contributed by atoms with Gasteiger partial charge in [-0.05, 0) is 29.8 Å². The van der Waals surface area contributed by atoms with Gasteiger partial charge < -0.3 is 20.3 Å². The van der Waals surface area contributed by atoms with Crippen molar-refractivity contribution < 1.29 is 24.2 Å². The first kappa shape index (κ1) is 15.2. The fourth-order valence-electron chi connectivity index (χ4n) is 2.13. The largest absolute Gasteiger partial charge is 0.478 e. The van der Waals surface area contributed by atoms with Crippen LogP contribution >= 0.6 is 11.8 Å². The Bertz CT molecular complexity index is 780. The van der Waals surface area contributed by atoms with Gasteiger partial charge in [0.05, 0.1) is 5.56 Å². The topological polar surface area (TPSA) is 112 Å². The minimum absolute atomic E-state index is 0.0180. The summed E-state index contributed by atoms with van der Waals surface area (Å²) in [6.45, 7) is 0.122. The number of carboxylic acids is 1. The lowest BCUT2D eigenvalue weighted by Crippen LogP contribution is -2.19. The molecule has 1 amide bonds. The number of carboxylic acid groups (broad SMARTS) is 1. The first-order valence-electron chi connectivity index (χ1n) is 6.60. The number of amides is 1. The average molecular weight is 332 g/mol. The minimum atomic E-state index is -1.12. The number of fused-ring (bicyclic) bond motifs is 1. The maximum Gasteiger partial charge on any atom is 0.338 e. The first-order valence-corrected chi connectivity index (χ1v) is 7.48. The number of aromatic nitrogens is 1. The summed E-state index contributed by atoms with van der Waals surface area (Å²) in [4.78, 5) is 27.1. The minimum Gasteiger partial charge on any atom is -0.478 e. The molecular weight excluding hydrogens is 320 g/mol. The Hall–Kier alpha value is -2.74. The molecule has 1 aromatic heterocycles. The second-order valence-corrected chi connectivity index (χ2v) is 5.77. The van der Waals surface area contributed by atoms with Gasteiger partial charge in [0.15, 0.2) is 11.5 Å². The Morgan fingerprint density at radius 1 is 1.26 bits per heavy atom. The normalized spacial score (nSPS) is 13.6. The number of nitrogens with two attached hydrogens (primary N) is 1. The molecular formula is C15H12N2O5S. The number of nitrogens with zero attached hydrogens (tertiary/aromatic N) is 1. The van der Waals surface area contributed by atoms with Gasteiger partial charge in [-0.3, -0.25) is 4.79 Å². The molecule has 1 aliphatic rings. The Balaban J connectivity index is 1.94. The molecule has 1 aliphatic heterocycles. The summed E-state index contributed by atoms with van der Waals surface area (Å²) in [5, 5.41) is 8.64. The van der Waals surface area contributed by atoms with Crippen LogP contribution < -0.4 is 15.2 Å². The van der Waals surface area contributed by atoms with Crippen molar-refractivity contribution in [3.63, 3.8) is 0 Å². The molecule has 7 nitrogen and oxygen atoms in total. The predicted molar refractivity (Wildman–Crippen MR) is 81.6 cm³/mol. The van der Waals surface area contributed by atoms with Gasteiger partial charge in [0.1, 0.15) is 10.3 Å². The van der Waals surface area contributed by atoms with Crippen LogP contribution in [0.5, 0.6) is 11.5 Å². The van der Waals surface area contributed by atoms with Crippen LogP contribution in [0.15, 0.2) is 41.6 Å². The number of primary amides is 1. The zero-order valence-corrected chi connectivity index (χ0v) is 12.6. The lowest BCUT2D eigenvalue weighted by atomic mass is 10.1. The van der Waals surface area contributed by atoms with Crippen molar-refractivity contribution in [2.75, 3.05) is 6.79 Å². The van der Waals surface area contributed by atoms with E-state index >= 15 is 0 Å². The summed E-state index contributed by atoms with van der Waals surface area (Å²) < 4.78 is 10.5. The average Bonchev–Trinajstić information content (AvgIpc) is 3.00. The molecule has 2 aromatic rings. The Labute approximate surface area is 135 Å². The quantitative estimate of drug-likeness (QED) is 0.803. The van der Waals surface area contributed by atoms with Gasteiger partial charge in [-0.1, -0.05) is 17.8 Å². The highest BCUT2D eigenvalue weighted by Gasteiger charge is 2.25. The Morgan fingerprint density at radius 2 is 2.04 bits per heavy atom. The molecule has 0 saturated carbocycles. The first-order chi connectivity index (χ1) is 11.1. The monoisotopic (exact) mass is 332 g/mol. The molecule has 23 heavy (non-hydrogen) atoms. The summed E-state index contributed by atoms with van der Waals surface area (Å²) in [5.41, 5.74) is 6.09. The number of pyridine rings is 1. The van der Waals surface area contributed by atoms with Gasteiger partial charge in [0, 0.05) is 6.20 Å². The maximum atomic E-state index is 11.8. The smallest absolute Gasteiger partial charge is 0.338 e. The molecule has 1 unspecified atom stereocenters. The van der Waals surface area contributed by atoms with E-state index in [9.17, 15) is 14.7 Å². The van der Waals surface area contributed by atoms with E-state index in [1.807, 2.05) is 0 Å². The maximum absolute atomic E-state index is 11.8. The molecule has 1 aromatic carbocycles. The second-order valence-electron chi connectivity index (χ2n) is 4.67. The van der Waals surface area contributed by atoms with E-state index in [0.717, 1.165) is 11.8 Å². The molecule has 2 heterocycles. The number of hydrogen-bond acceptors (Lipinski definition) is 6. The molecule has 118 valence electrons. The van der Waals surface area contributed by atoms with E-state index in [2.05, 4.69) is 4.98 Å². The van der Waals surface area contributed by atoms with E-state index < -0.39 is 17.1 Å². The number of carbonyl (C=O) groups excluding carboxylic acids is 1.